The summed E-state index contributed by atoms with van der Waals surface area (Å²) in [4.78, 5) is 14.1. The third-order valence-electron chi connectivity index (χ3n) is 3.39. The fourth-order valence-electron chi connectivity index (χ4n) is 2.14. The molecule has 1 aromatic rings. The molecule has 2 N–H and O–H groups in total. The normalized spacial score (nSPS) is 12.2. The number of likely N-dealkylation sites (N-methyl/N-ethyl adjacent to an activating group) is 1. The van der Waals surface area contributed by atoms with E-state index in [9.17, 15) is 4.79 Å². The second-order valence-corrected chi connectivity index (χ2v) is 4.90. The zero-order valence-electron chi connectivity index (χ0n) is 12.5. The summed E-state index contributed by atoms with van der Waals surface area (Å²) in [6.45, 7) is 4.06. The van der Waals surface area contributed by atoms with Crippen molar-refractivity contribution >= 4 is 5.91 Å². The quantitative estimate of drug-likeness (QED) is 0.701. The van der Waals surface area contributed by atoms with E-state index in [4.69, 9.17) is 10.5 Å². The van der Waals surface area contributed by atoms with Gasteiger partial charge in [-0.15, -0.1) is 0 Å². The fraction of sp³-hybridized carbons (Fsp3) is 0.562. The van der Waals surface area contributed by atoms with Crippen molar-refractivity contribution < 1.29 is 9.53 Å². The zero-order valence-corrected chi connectivity index (χ0v) is 12.5. The first-order chi connectivity index (χ1) is 9.69. The van der Waals surface area contributed by atoms with Crippen molar-refractivity contribution in [3.8, 4) is 0 Å². The lowest BCUT2D eigenvalue weighted by Gasteiger charge is -2.24. The van der Waals surface area contributed by atoms with Crippen LogP contribution in [0.5, 0.6) is 0 Å². The summed E-state index contributed by atoms with van der Waals surface area (Å²) in [6.07, 6.45) is 2.36. The van der Waals surface area contributed by atoms with Crippen LogP contribution < -0.4 is 5.73 Å². The maximum atomic E-state index is 12.2. The highest BCUT2D eigenvalue weighted by molar-refractivity contribution is 5.81. The molecule has 0 aromatic heterocycles. The van der Waals surface area contributed by atoms with Gasteiger partial charge in [0, 0.05) is 26.8 Å². The standard InChI is InChI=1S/C16H26N2O2/c1-3-18(12-11-14-8-5-4-6-9-14)16(19)15(17)10-7-13-20-2/h4-6,8-9,15H,3,7,10-13,17H2,1-2H3. The first-order valence-electron chi connectivity index (χ1n) is 7.26. The highest BCUT2D eigenvalue weighted by Gasteiger charge is 2.19. The van der Waals surface area contributed by atoms with Crippen LogP contribution in [0, 0.1) is 0 Å². The Morgan fingerprint density at radius 1 is 1.35 bits per heavy atom. The number of methoxy groups -OCH3 is 1. The first-order valence-corrected chi connectivity index (χ1v) is 7.26. The number of ether oxygens (including phenoxy) is 1. The maximum absolute atomic E-state index is 12.2. The number of nitrogens with two attached hydrogens (primary N) is 1. The molecule has 0 bridgehead atoms. The van der Waals surface area contributed by atoms with Crippen LogP contribution in [-0.4, -0.2) is 43.7 Å². The van der Waals surface area contributed by atoms with Crippen LogP contribution in [0.15, 0.2) is 30.3 Å². The molecule has 0 aliphatic carbocycles. The van der Waals surface area contributed by atoms with Crippen molar-refractivity contribution in [1.29, 1.82) is 0 Å². The molecule has 0 aliphatic heterocycles. The molecule has 1 aromatic carbocycles. The van der Waals surface area contributed by atoms with E-state index >= 15 is 0 Å². The Morgan fingerprint density at radius 3 is 2.65 bits per heavy atom. The largest absolute Gasteiger partial charge is 0.385 e. The molecular weight excluding hydrogens is 252 g/mol. The van der Waals surface area contributed by atoms with Crippen molar-refractivity contribution in [2.24, 2.45) is 5.73 Å². The minimum atomic E-state index is -0.416. The average Bonchev–Trinajstić information content (AvgIpc) is 2.48. The summed E-state index contributed by atoms with van der Waals surface area (Å²) in [7, 11) is 1.66. The Labute approximate surface area is 121 Å². The van der Waals surface area contributed by atoms with Crippen LogP contribution in [-0.2, 0) is 16.0 Å². The van der Waals surface area contributed by atoms with Crippen LogP contribution in [0.4, 0.5) is 0 Å². The Balaban J connectivity index is 2.42. The predicted octanol–water partition coefficient (Wildman–Crippen LogP) is 1.83. The Morgan fingerprint density at radius 2 is 2.05 bits per heavy atom. The molecule has 4 heteroatoms. The monoisotopic (exact) mass is 278 g/mol. The van der Waals surface area contributed by atoms with Gasteiger partial charge in [0.15, 0.2) is 0 Å². The lowest BCUT2D eigenvalue weighted by atomic mass is 10.1. The number of nitrogens with zero attached hydrogens (tertiary/aromatic N) is 1. The van der Waals surface area contributed by atoms with Gasteiger partial charge in [-0.25, -0.2) is 0 Å². The van der Waals surface area contributed by atoms with E-state index in [0.29, 0.717) is 19.6 Å². The maximum Gasteiger partial charge on any atom is 0.239 e. The van der Waals surface area contributed by atoms with E-state index in [-0.39, 0.29) is 5.91 Å². The van der Waals surface area contributed by atoms with E-state index in [1.165, 1.54) is 5.56 Å². The summed E-state index contributed by atoms with van der Waals surface area (Å²) in [5.41, 5.74) is 7.20. The van der Waals surface area contributed by atoms with E-state index in [2.05, 4.69) is 12.1 Å². The van der Waals surface area contributed by atoms with Crippen LogP contribution in [0.25, 0.3) is 0 Å². The second-order valence-electron chi connectivity index (χ2n) is 4.90. The number of carbonyl (C=O) groups is 1. The van der Waals surface area contributed by atoms with Crippen LogP contribution in [0.3, 0.4) is 0 Å². The number of carbonyl (C=O) groups excluding carboxylic acids is 1. The first kappa shape index (κ1) is 16.7. The molecule has 0 saturated heterocycles. The zero-order chi connectivity index (χ0) is 14.8. The van der Waals surface area contributed by atoms with E-state index < -0.39 is 6.04 Å². The van der Waals surface area contributed by atoms with Gasteiger partial charge >= 0.3 is 0 Å². The van der Waals surface area contributed by atoms with Crippen molar-refractivity contribution in [2.75, 3.05) is 26.8 Å². The van der Waals surface area contributed by atoms with E-state index in [0.717, 1.165) is 19.4 Å². The second kappa shape index (κ2) is 9.50. The Bertz CT molecular complexity index is 381. The number of hydrogen-bond donors (Lipinski definition) is 1. The van der Waals surface area contributed by atoms with Crippen LogP contribution >= 0.6 is 0 Å². The molecule has 0 aliphatic rings. The minimum absolute atomic E-state index is 0.0412. The average molecular weight is 278 g/mol. The molecule has 4 nitrogen and oxygen atoms in total. The van der Waals surface area contributed by atoms with Crippen molar-refractivity contribution in [1.82, 2.24) is 4.90 Å². The van der Waals surface area contributed by atoms with Crippen molar-refractivity contribution in [3.63, 3.8) is 0 Å². The van der Waals surface area contributed by atoms with Gasteiger partial charge in [0.1, 0.15) is 0 Å². The van der Waals surface area contributed by atoms with Gasteiger partial charge in [-0.3, -0.25) is 4.79 Å². The van der Waals surface area contributed by atoms with Crippen LogP contribution in [0.2, 0.25) is 0 Å². The lowest BCUT2D eigenvalue weighted by molar-refractivity contribution is -0.132. The Hall–Kier alpha value is -1.39. The van der Waals surface area contributed by atoms with E-state index in [1.54, 1.807) is 7.11 Å². The SMILES string of the molecule is CCN(CCc1ccccc1)C(=O)C(N)CCCOC. The molecule has 112 valence electrons. The highest BCUT2D eigenvalue weighted by Crippen LogP contribution is 2.05. The van der Waals surface area contributed by atoms with Gasteiger partial charge in [-0.05, 0) is 31.7 Å². The summed E-state index contributed by atoms with van der Waals surface area (Å²) < 4.78 is 4.98. The molecule has 1 amide bonds. The molecule has 0 heterocycles. The molecular formula is C16H26N2O2. The smallest absolute Gasteiger partial charge is 0.239 e. The third-order valence-corrected chi connectivity index (χ3v) is 3.39. The van der Waals surface area contributed by atoms with Gasteiger partial charge < -0.3 is 15.4 Å². The third kappa shape index (κ3) is 5.72. The Kier molecular flexibility index (Phi) is 7.92. The molecule has 0 saturated carbocycles. The lowest BCUT2D eigenvalue weighted by Crippen LogP contribution is -2.44. The van der Waals surface area contributed by atoms with Gasteiger partial charge in [-0.1, -0.05) is 30.3 Å². The number of hydrogen-bond acceptors (Lipinski definition) is 3. The molecule has 1 atom stereocenters. The molecule has 0 spiro atoms. The van der Waals surface area contributed by atoms with Crippen LogP contribution in [0.1, 0.15) is 25.3 Å². The highest BCUT2D eigenvalue weighted by atomic mass is 16.5. The number of rotatable bonds is 9. The summed E-state index contributed by atoms with van der Waals surface area (Å²) in [6, 6.07) is 9.78. The summed E-state index contributed by atoms with van der Waals surface area (Å²) in [5, 5.41) is 0. The fourth-order valence-corrected chi connectivity index (χ4v) is 2.14. The molecule has 20 heavy (non-hydrogen) atoms. The van der Waals surface area contributed by atoms with Gasteiger partial charge in [-0.2, -0.15) is 0 Å². The molecule has 0 radical (unpaired) electrons. The topological polar surface area (TPSA) is 55.6 Å². The van der Waals surface area contributed by atoms with Gasteiger partial charge in [0.25, 0.3) is 0 Å². The number of benzene rings is 1. The number of amides is 1. The van der Waals surface area contributed by atoms with E-state index in [1.807, 2.05) is 30.0 Å². The van der Waals surface area contributed by atoms with Gasteiger partial charge in [0.05, 0.1) is 6.04 Å². The van der Waals surface area contributed by atoms with Crippen molar-refractivity contribution in [2.45, 2.75) is 32.2 Å². The summed E-state index contributed by atoms with van der Waals surface area (Å²) in [5.74, 6) is 0.0412. The molecule has 1 rings (SSSR count). The van der Waals surface area contributed by atoms with Gasteiger partial charge in [0.2, 0.25) is 5.91 Å². The predicted molar refractivity (Wildman–Crippen MR) is 81.5 cm³/mol. The molecule has 0 fully saturated rings. The summed E-state index contributed by atoms with van der Waals surface area (Å²) >= 11 is 0. The molecule has 1 unspecified atom stereocenters. The minimum Gasteiger partial charge on any atom is -0.385 e. The van der Waals surface area contributed by atoms with Crippen molar-refractivity contribution in [3.05, 3.63) is 35.9 Å².